The Morgan fingerprint density at radius 3 is 2.74 bits per heavy atom. The van der Waals surface area contributed by atoms with Crippen molar-refractivity contribution >= 4 is 46.8 Å². The minimum Gasteiger partial charge on any atom is -0.481 e. The van der Waals surface area contributed by atoms with Crippen molar-refractivity contribution in [3.05, 3.63) is 28.2 Å². The van der Waals surface area contributed by atoms with Gasteiger partial charge in [-0.05, 0) is 25.1 Å². The molecule has 1 unspecified atom stereocenters. The molecule has 0 aliphatic carbocycles. The fourth-order valence-corrected chi connectivity index (χ4v) is 2.68. The van der Waals surface area contributed by atoms with Crippen LogP contribution in [-0.4, -0.2) is 28.8 Å². The Kier molecular flexibility index (Phi) is 6.48. The summed E-state index contributed by atoms with van der Waals surface area (Å²) in [6, 6.07) is 5.03. The lowest BCUT2D eigenvalue weighted by Crippen LogP contribution is -2.32. The number of benzene rings is 1. The van der Waals surface area contributed by atoms with Crippen molar-refractivity contribution in [2.45, 2.75) is 23.5 Å². The van der Waals surface area contributed by atoms with Gasteiger partial charge in [-0.15, -0.1) is 11.8 Å². The molecule has 1 amide bonds. The zero-order valence-corrected chi connectivity index (χ0v) is 12.5. The van der Waals surface area contributed by atoms with Gasteiger partial charge in [-0.3, -0.25) is 9.59 Å². The molecule has 1 aromatic rings. The van der Waals surface area contributed by atoms with E-state index in [-0.39, 0.29) is 24.1 Å². The van der Waals surface area contributed by atoms with Gasteiger partial charge in [-0.1, -0.05) is 23.2 Å². The van der Waals surface area contributed by atoms with Crippen LogP contribution in [0, 0.1) is 0 Å². The zero-order valence-electron chi connectivity index (χ0n) is 10.2. The van der Waals surface area contributed by atoms with E-state index in [2.05, 4.69) is 5.32 Å². The highest BCUT2D eigenvalue weighted by molar-refractivity contribution is 8.00. The summed E-state index contributed by atoms with van der Waals surface area (Å²) >= 11 is 13.1. The third kappa shape index (κ3) is 5.72. The lowest BCUT2D eigenvalue weighted by atomic mass is 10.4. The summed E-state index contributed by atoms with van der Waals surface area (Å²) in [5, 5.41) is 11.7. The molecule has 2 N–H and O–H groups in total. The molecule has 0 aromatic heterocycles. The minimum absolute atomic E-state index is 0.0962. The first kappa shape index (κ1) is 16.1. The van der Waals surface area contributed by atoms with E-state index in [0.29, 0.717) is 10.0 Å². The van der Waals surface area contributed by atoms with Crippen LogP contribution >= 0.6 is 35.0 Å². The first-order valence-corrected chi connectivity index (χ1v) is 7.15. The minimum atomic E-state index is -0.946. The van der Waals surface area contributed by atoms with Crippen LogP contribution in [0.2, 0.25) is 10.0 Å². The highest BCUT2D eigenvalue weighted by Gasteiger charge is 2.16. The second-order valence-corrected chi connectivity index (χ2v) is 6.00. The molecule has 0 spiro atoms. The molecule has 0 bridgehead atoms. The van der Waals surface area contributed by atoms with Gasteiger partial charge in [-0.25, -0.2) is 0 Å². The Hall–Kier alpha value is -0.910. The van der Waals surface area contributed by atoms with Gasteiger partial charge >= 0.3 is 5.97 Å². The second-order valence-electron chi connectivity index (χ2n) is 3.77. The molecule has 0 radical (unpaired) electrons. The van der Waals surface area contributed by atoms with Crippen LogP contribution < -0.4 is 5.32 Å². The van der Waals surface area contributed by atoms with Crippen molar-refractivity contribution in [3.63, 3.8) is 0 Å². The topological polar surface area (TPSA) is 66.4 Å². The maximum Gasteiger partial charge on any atom is 0.305 e. The molecular formula is C12H13Cl2NO3S. The van der Waals surface area contributed by atoms with Crippen LogP contribution in [-0.2, 0) is 9.59 Å². The smallest absolute Gasteiger partial charge is 0.305 e. The van der Waals surface area contributed by atoms with Gasteiger partial charge in [0.05, 0.1) is 16.7 Å². The highest BCUT2D eigenvalue weighted by atomic mass is 35.5. The number of carbonyl (C=O) groups is 2. The SMILES string of the molecule is CC(Sc1cc(Cl)ccc1Cl)C(=O)NCCC(=O)O. The predicted octanol–water partition coefficient (Wildman–Crippen LogP) is 3.06. The molecule has 4 nitrogen and oxygen atoms in total. The summed E-state index contributed by atoms with van der Waals surface area (Å²) in [7, 11) is 0. The van der Waals surface area contributed by atoms with Crippen LogP contribution in [0.4, 0.5) is 0 Å². The maximum absolute atomic E-state index is 11.7. The first-order chi connectivity index (χ1) is 8.90. The second kappa shape index (κ2) is 7.62. The number of amides is 1. The number of carbonyl (C=O) groups excluding carboxylic acids is 1. The van der Waals surface area contributed by atoms with Gasteiger partial charge in [-0.2, -0.15) is 0 Å². The number of hydrogen-bond acceptors (Lipinski definition) is 3. The summed E-state index contributed by atoms with van der Waals surface area (Å²) < 4.78 is 0. The Labute approximate surface area is 125 Å². The van der Waals surface area contributed by atoms with Crippen molar-refractivity contribution in [3.8, 4) is 0 Å². The van der Waals surface area contributed by atoms with Gasteiger partial charge in [0.15, 0.2) is 0 Å². The molecule has 0 saturated carbocycles. The molecule has 104 valence electrons. The number of thioether (sulfide) groups is 1. The van der Waals surface area contributed by atoms with Gasteiger partial charge in [0.25, 0.3) is 0 Å². The van der Waals surface area contributed by atoms with Crippen molar-refractivity contribution in [2.75, 3.05) is 6.54 Å². The van der Waals surface area contributed by atoms with E-state index >= 15 is 0 Å². The number of aliphatic carboxylic acids is 1. The normalized spacial score (nSPS) is 11.9. The van der Waals surface area contributed by atoms with Crippen molar-refractivity contribution in [1.29, 1.82) is 0 Å². The molecule has 1 atom stereocenters. The zero-order chi connectivity index (χ0) is 14.4. The van der Waals surface area contributed by atoms with Crippen LogP contribution in [0.1, 0.15) is 13.3 Å². The van der Waals surface area contributed by atoms with E-state index in [1.54, 1.807) is 25.1 Å². The van der Waals surface area contributed by atoms with Crippen LogP contribution in [0.5, 0.6) is 0 Å². The van der Waals surface area contributed by atoms with Crippen molar-refractivity contribution in [2.24, 2.45) is 0 Å². The number of nitrogens with one attached hydrogen (secondary N) is 1. The van der Waals surface area contributed by atoms with E-state index in [0.717, 1.165) is 4.90 Å². The number of rotatable bonds is 6. The molecule has 7 heteroatoms. The molecule has 0 saturated heterocycles. The summed E-state index contributed by atoms with van der Waals surface area (Å²) in [4.78, 5) is 22.8. The lowest BCUT2D eigenvalue weighted by molar-refractivity contribution is -0.136. The molecule has 0 aliphatic rings. The average molecular weight is 322 g/mol. The van der Waals surface area contributed by atoms with Crippen LogP contribution in [0.25, 0.3) is 0 Å². The van der Waals surface area contributed by atoms with Crippen molar-refractivity contribution < 1.29 is 14.7 Å². The Bertz CT molecular complexity index is 482. The third-order valence-corrected chi connectivity index (χ3v) is 4.04. The van der Waals surface area contributed by atoms with Crippen molar-refractivity contribution in [1.82, 2.24) is 5.32 Å². The Balaban J connectivity index is 2.53. The Morgan fingerprint density at radius 1 is 1.42 bits per heavy atom. The van der Waals surface area contributed by atoms with E-state index in [9.17, 15) is 9.59 Å². The number of carboxylic acid groups (broad SMARTS) is 1. The summed E-state index contributed by atoms with van der Waals surface area (Å²) in [5.74, 6) is -1.18. The summed E-state index contributed by atoms with van der Waals surface area (Å²) in [6.07, 6.45) is -0.0962. The highest BCUT2D eigenvalue weighted by Crippen LogP contribution is 2.32. The lowest BCUT2D eigenvalue weighted by Gasteiger charge is -2.12. The van der Waals surface area contributed by atoms with E-state index < -0.39 is 5.97 Å². The molecule has 1 rings (SSSR count). The monoisotopic (exact) mass is 321 g/mol. The van der Waals surface area contributed by atoms with Crippen LogP contribution in [0.15, 0.2) is 23.1 Å². The molecular weight excluding hydrogens is 309 g/mol. The largest absolute Gasteiger partial charge is 0.481 e. The molecule has 19 heavy (non-hydrogen) atoms. The quantitative estimate of drug-likeness (QED) is 0.790. The molecule has 1 aromatic carbocycles. The number of hydrogen-bond donors (Lipinski definition) is 2. The van der Waals surface area contributed by atoms with Gasteiger partial charge in [0.2, 0.25) is 5.91 Å². The van der Waals surface area contributed by atoms with Crippen LogP contribution in [0.3, 0.4) is 0 Å². The standard InChI is InChI=1S/C12H13Cl2NO3S/c1-7(12(18)15-5-4-11(16)17)19-10-6-8(13)2-3-9(10)14/h2-3,6-7H,4-5H2,1H3,(H,15,18)(H,16,17). The number of carboxylic acids is 1. The third-order valence-electron chi connectivity index (χ3n) is 2.20. The fraction of sp³-hybridized carbons (Fsp3) is 0.333. The van der Waals surface area contributed by atoms with E-state index in [1.165, 1.54) is 11.8 Å². The summed E-state index contributed by atoms with van der Waals surface area (Å²) in [5.41, 5.74) is 0. The van der Waals surface area contributed by atoms with E-state index in [1.807, 2.05) is 0 Å². The Morgan fingerprint density at radius 2 is 2.11 bits per heavy atom. The summed E-state index contributed by atoms with van der Waals surface area (Å²) in [6.45, 7) is 1.83. The van der Waals surface area contributed by atoms with Gasteiger partial charge in [0, 0.05) is 16.5 Å². The average Bonchev–Trinajstić information content (AvgIpc) is 2.33. The molecule has 0 heterocycles. The fourth-order valence-electron chi connectivity index (χ4n) is 1.25. The van der Waals surface area contributed by atoms with Gasteiger partial charge < -0.3 is 10.4 Å². The number of halogens is 2. The van der Waals surface area contributed by atoms with Gasteiger partial charge in [0.1, 0.15) is 0 Å². The molecule has 0 fully saturated rings. The maximum atomic E-state index is 11.7. The predicted molar refractivity (Wildman–Crippen MR) is 77.0 cm³/mol. The molecule has 0 aliphatic heterocycles. The first-order valence-electron chi connectivity index (χ1n) is 5.51. The van der Waals surface area contributed by atoms with E-state index in [4.69, 9.17) is 28.3 Å².